The van der Waals surface area contributed by atoms with E-state index in [4.69, 9.17) is 0 Å². The minimum atomic E-state index is -0.671. The van der Waals surface area contributed by atoms with Crippen LogP contribution in [-0.4, -0.2) is 26.7 Å². The first-order valence-electron chi connectivity index (χ1n) is 9.29. The van der Waals surface area contributed by atoms with Crippen molar-refractivity contribution < 1.29 is 9.90 Å². The maximum atomic E-state index is 11.6. The van der Waals surface area contributed by atoms with Crippen molar-refractivity contribution in [2.75, 3.05) is 11.5 Å². The second-order valence-electron chi connectivity index (χ2n) is 7.43. The van der Waals surface area contributed by atoms with Crippen molar-refractivity contribution in [3.63, 3.8) is 0 Å². The minimum absolute atomic E-state index is 0.670. The average Bonchev–Trinajstić information content (AvgIpc) is 2.45. The number of hydrogen-bond acceptors (Lipinski definition) is 3. The number of unbranched alkanes of at least 4 members (excludes halogenated alkanes) is 4. The van der Waals surface area contributed by atoms with Gasteiger partial charge in [0.2, 0.25) is 0 Å². The zero-order chi connectivity index (χ0) is 17.7. The van der Waals surface area contributed by atoms with Crippen molar-refractivity contribution in [1.82, 2.24) is 0 Å². The summed E-state index contributed by atoms with van der Waals surface area (Å²) in [7, 11) is 0. The first kappa shape index (κ1) is 23.2. The highest BCUT2D eigenvalue weighted by Gasteiger charge is 2.33. The normalized spacial score (nSPS) is 12.3. The molecule has 138 valence electrons. The number of rotatable bonds is 15. The molecule has 0 aromatic carbocycles. The Morgan fingerprint density at radius 3 is 1.52 bits per heavy atom. The molecule has 0 radical (unpaired) electrons. The fourth-order valence-electron chi connectivity index (χ4n) is 2.36. The van der Waals surface area contributed by atoms with E-state index in [1.165, 1.54) is 38.5 Å². The summed E-state index contributed by atoms with van der Waals surface area (Å²) >= 11 is 3.25. The summed E-state index contributed by atoms with van der Waals surface area (Å²) in [5.74, 6) is 2.80. The third kappa shape index (κ3) is 13.2. The van der Waals surface area contributed by atoms with Gasteiger partial charge in [0.25, 0.3) is 0 Å². The molecule has 0 aliphatic heterocycles. The Hall–Kier alpha value is 0.170. The van der Waals surface area contributed by atoms with Crippen LogP contribution >= 0.6 is 23.5 Å². The summed E-state index contributed by atoms with van der Waals surface area (Å²) in [6, 6.07) is 0. The van der Waals surface area contributed by atoms with Crippen molar-refractivity contribution in [3.8, 4) is 0 Å². The second-order valence-corrected chi connectivity index (χ2v) is 10.7. The summed E-state index contributed by atoms with van der Waals surface area (Å²) in [6.07, 6.45) is 9.82. The molecule has 4 heteroatoms. The van der Waals surface area contributed by atoms with Crippen LogP contribution in [0, 0.1) is 11.8 Å². The SMILES string of the molecule is CC(C)CCCCCSC(C)(SCCCCCC(C)C)C(=O)O. The van der Waals surface area contributed by atoms with Crippen LogP contribution in [-0.2, 0) is 4.79 Å². The van der Waals surface area contributed by atoms with E-state index in [0.717, 1.165) is 36.2 Å². The Bertz CT molecular complexity index is 284. The van der Waals surface area contributed by atoms with Gasteiger partial charge < -0.3 is 5.11 Å². The van der Waals surface area contributed by atoms with Crippen molar-refractivity contribution in [2.24, 2.45) is 11.8 Å². The van der Waals surface area contributed by atoms with E-state index < -0.39 is 10.0 Å². The van der Waals surface area contributed by atoms with Crippen molar-refractivity contribution in [1.29, 1.82) is 0 Å². The molecule has 1 N–H and O–H groups in total. The molecule has 0 rings (SSSR count). The van der Waals surface area contributed by atoms with Crippen LogP contribution in [0.25, 0.3) is 0 Å². The van der Waals surface area contributed by atoms with Crippen LogP contribution in [0.5, 0.6) is 0 Å². The van der Waals surface area contributed by atoms with Crippen LogP contribution in [0.1, 0.15) is 86.0 Å². The number of aliphatic carboxylic acids is 1. The lowest BCUT2D eigenvalue weighted by atomic mass is 10.1. The molecule has 23 heavy (non-hydrogen) atoms. The lowest BCUT2D eigenvalue weighted by Gasteiger charge is -2.23. The van der Waals surface area contributed by atoms with E-state index in [9.17, 15) is 9.90 Å². The molecule has 0 fully saturated rings. The molecule has 0 atom stereocenters. The zero-order valence-electron chi connectivity index (χ0n) is 15.9. The molecule has 0 unspecified atom stereocenters. The highest BCUT2D eigenvalue weighted by molar-refractivity contribution is 8.19. The van der Waals surface area contributed by atoms with Crippen LogP contribution in [0.2, 0.25) is 0 Å². The van der Waals surface area contributed by atoms with Crippen LogP contribution < -0.4 is 0 Å². The number of carboxylic acid groups (broad SMARTS) is 1. The van der Waals surface area contributed by atoms with E-state index in [0.29, 0.717) is 0 Å². The van der Waals surface area contributed by atoms with Gasteiger partial charge in [-0.15, -0.1) is 23.5 Å². The van der Waals surface area contributed by atoms with Gasteiger partial charge in [0.05, 0.1) is 0 Å². The number of carbonyl (C=O) groups is 1. The summed E-state index contributed by atoms with van der Waals surface area (Å²) in [4.78, 5) is 11.6. The van der Waals surface area contributed by atoms with Crippen LogP contribution in [0.4, 0.5) is 0 Å². The van der Waals surface area contributed by atoms with E-state index in [2.05, 4.69) is 27.7 Å². The average molecular weight is 363 g/mol. The van der Waals surface area contributed by atoms with Gasteiger partial charge in [0.15, 0.2) is 4.08 Å². The molecule has 0 spiro atoms. The first-order chi connectivity index (χ1) is 10.8. The fraction of sp³-hybridized carbons (Fsp3) is 0.947. The van der Waals surface area contributed by atoms with Gasteiger partial charge >= 0.3 is 5.97 Å². The van der Waals surface area contributed by atoms with E-state index >= 15 is 0 Å². The van der Waals surface area contributed by atoms with Gasteiger partial charge in [-0.05, 0) is 43.1 Å². The topological polar surface area (TPSA) is 37.3 Å². The predicted octanol–water partition coefficient (Wildman–Crippen LogP) is 6.69. The highest BCUT2D eigenvalue weighted by Crippen LogP contribution is 2.38. The van der Waals surface area contributed by atoms with E-state index in [-0.39, 0.29) is 0 Å². The number of carboxylic acids is 1. The van der Waals surface area contributed by atoms with Crippen LogP contribution in [0.15, 0.2) is 0 Å². The maximum Gasteiger partial charge on any atom is 0.329 e. The van der Waals surface area contributed by atoms with Gasteiger partial charge in [-0.2, -0.15) is 0 Å². The predicted molar refractivity (Wildman–Crippen MR) is 108 cm³/mol. The molecule has 0 aromatic rings. The Morgan fingerprint density at radius 2 is 1.22 bits per heavy atom. The second kappa shape index (κ2) is 13.5. The lowest BCUT2D eigenvalue weighted by Crippen LogP contribution is -2.28. The monoisotopic (exact) mass is 362 g/mol. The summed E-state index contributed by atoms with van der Waals surface area (Å²) in [5.41, 5.74) is 0. The third-order valence-corrected chi connectivity index (χ3v) is 7.14. The largest absolute Gasteiger partial charge is 0.480 e. The molecule has 2 nitrogen and oxygen atoms in total. The van der Waals surface area contributed by atoms with Crippen LogP contribution in [0.3, 0.4) is 0 Å². The molecular formula is C19H38O2S2. The molecule has 0 bridgehead atoms. The fourth-order valence-corrected chi connectivity index (χ4v) is 4.92. The molecule has 0 saturated carbocycles. The van der Waals surface area contributed by atoms with Crippen molar-refractivity contribution in [3.05, 3.63) is 0 Å². The molecule has 0 aliphatic rings. The molecule has 0 heterocycles. The van der Waals surface area contributed by atoms with Gasteiger partial charge in [0.1, 0.15) is 0 Å². The van der Waals surface area contributed by atoms with Gasteiger partial charge in [-0.1, -0.05) is 66.2 Å². The summed E-state index contributed by atoms with van der Waals surface area (Å²) < 4.78 is -0.671. The maximum absolute atomic E-state index is 11.6. The molecule has 0 saturated heterocycles. The van der Waals surface area contributed by atoms with Crippen molar-refractivity contribution in [2.45, 2.75) is 90.1 Å². The zero-order valence-corrected chi connectivity index (χ0v) is 17.5. The minimum Gasteiger partial charge on any atom is -0.480 e. The Balaban J connectivity index is 3.85. The molecule has 0 aliphatic carbocycles. The third-order valence-electron chi connectivity index (χ3n) is 4.00. The highest BCUT2D eigenvalue weighted by atomic mass is 32.2. The Kier molecular flexibility index (Phi) is 13.6. The van der Waals surface area contributed by atoms with E-state index in [1.807, 2.05) is 6.92 Å². The standard InChI is InChI=1S/C19H38O2S2/c1-16(2)12-8-6-10-14-22-19(5,18(20)21)23-15-11-7-9-13-17(3)4/h16-17H,6-15H2,1-5H3,(H,20,21). The molecular weight excluding hydrogens is 324 g/mol. The van der Waals surface area contributed by atoms with E-state index in [1.54, 1.807) is 23.5 Å². The van der Waals surface area contributed by atoms with Gasteiger partial charge in [0, 0.05) is 0 Å². The quantitative estimate of drug-likeness (QED) is 0.260. The summed E-state index contributed by atoms with van der Waals surface area (Å²) in [5, 5.41) is 9.54. The smallest absolute Gasteiger partial charge is 0.329 e. The number of thioether (sulfide) groups is 2. The number of hydrogen-bond donors (Lipinski definition) is 1. The summed E-state index contributed by atoms with van der Waals surface area (Å²) in [6.45, 7) is 10.9. The van der Waals surface area contributed by atoms with Crippen molar-refractivity contribution >= 4 is 29.5 Å². The Morgan fingerprint density at radius 1 is 0.826 bits per heavy atom. The first-order valence-corrected chi connectivity index (χ1v) is 11.3. The van der Waals surface area contributed by atoms with Gasteiger partial charge in [-0.3, -0.25) is 0 Å². The molecule has 0 amide bonds. The van der Waals surface area contributed by atoms with Gasteiger partial charge in [-0.25, -0.2) is 4.79 Å². The lowest BCUT2D eigenvalue weighted by molar-refractivity contribution is -0.136. The molecule has 0 aromatic heterocycles. The Labute approximate surface area is 153 Å².